The van der Waals surface area contributed by atoms with E-state index in [0.29, 0.717) is 0 Å². The molecule has 0 spiro atoms. The maximum Gasteiger partial charge on any atom is 0.340 e. The summed E-state index contributed by atoms with van der Waals surface area (Å²) in [4.78, 5) is 32.6. The molecule has 0 radical (unpaired) electrons. The van der Waals surface area contributed by atoms with E-state index in [9.17, 15) is 24.1 Å². The van der Waals surface area contributed by atoms with Crippen LogP contribution in [0.5, 0.6) is 0 Å². The van der Waals surface area contributed by atoms with Crippen molar-refractivity contribution in [1.82, 2.24) is 0 Å². The molecular formula is C10H8BrFN2O5. The first-order valence-corrected chi connectivity index (χ1v) is 5.61. The van der Waals surface area contributed by atoms with Crippen LogP contribution in [0.25, 0.3) is 0 Å². The summed E-state index contributed by atoms with van der Waals surface area (Å²) < 4.78 is 17.5. The van der Waals surface area contributed by atoms with Crippen molar-refractivity contribution in [2.75, 3.05) is 12.4 Å². The minimum absolute atomic E-state index is 0.419. The van der Waals surface area contributed by atoms with Crippen molar-refractivity contribution >= 4 is 39.2 Å². The molecule has 0 atom stereocenters. The van der Waals surface area contributed by atoms with E-state index in [4.69, 9.17) is 0 Å². The van der Waals surface area contributed by atoms with E-state index in [1.54, 1.807) is 0 Å². The Labute approximate surface area is 115 Å². The summed E-state index contributed by atoms with van der Waals surface area (Å²) in [6.45, 7) is 1.10. The molecule has 0 bridgehead atoms. The Morgan fingerprint density at radius 3 is 2.53 bits per heavy atom. The van der Waals surface area contributed by atoms with Gasteiger partial charge in [-0.1, -0.05) is 0 Å². The van der Waals surface area contributed by atoms with E-state index in [2.05, 4.69) is 26.0 Å². The van der Waals surface area contributed by atoms with Crippen LogP contribution in [0.1, 0.15) is 17.3 Å². The van der Waals surface area contributed by atoms with Gasteiger partial charge in [-0.3, -0.25) is 14.9 Å². The predicted octanol–water partition coefficient (Wildman–Crippen LogP) is 2.24. The fourth-order valence-corrected chi connectivity index (χ4v) is 1.82. The zero-order valence-electron chi connectivity index (χ0n) is 9.82. The van der Waals surface area contributed by atoms with Crippen LogP contribution in [-0.4, -0.2) is 23.9 Å². The molecular weight excluding hydrogens is 327 g/mol. The number of carbonyl (C=O) groups is 2. The molecule has 0 fully saturated rings. The fraction of sp³-hybridized carbons (Fsp3) is 0.200. The Morgan fingerprint density at radius 1 is 1.53 bits per heavy atom. The lowest BCUT2D eigenvalue weighted by molar-refractivity contribution is -0.384. The van der Waals surface area contributed by atoms with Crippen molar-refractivity contribution in [2.24, 2.45) is 0 Å². The van der Waals surface area contributed by atoms with Crippen LogP contribution in [-0.2, 0) is 9.53 Å². The van der Waals surface area contributed by atoms with Crippen LogP contribution >= 0.6 is 15.9 Å². The van der Waals surface area contributed by atoms with Gasteiger partial charge in [-0.05, 0) is 22.0 Å². The lowest BCUT2D eigenvalue weighted by atomic mass is 10.1. The van der Waals surface area contributed by atoms with Crippen molar-refractivity contribution in [3.8, 4) is 0 Å². The van der Waals surface area contributed by atoms with Crippen molar-refractivity contribution in [3.05, 3.63) is 32.0 Å². The molecule has 0 aromatic heterocycles. The first kappa shape index (κ1) is 15.0. The highest BCUT2D eigenvalue weighted by Crippen LogP contribution is 2.38. The maximum atomic E-state index is 13.5. The number of halogens is 2. The monoisotopic (exact) mass is 334 g/mol. The Hall–Kier alpha value is -2.03. The quantitative estimate of drug-likeness (QED) is 0.519. The van der Waals surface area contributed by atoms with Gasteiger partial charge in [0.15, 0.2) is 0 Å². The van der Waals surface area contributed by atoms with Gasteiger partial charge in [0.1, 0.15) is 16.0 Å². The van der Waals surface area contributed by atoms with E-state index < -0.39 is 44.0 Å². The average Bonchev–Trinajstić information content (AvgIpc) is 2.31. The molecule has 1 aromatic carbocycles. The molecule has 7 nitrogen and oxygen atoms in total. The lowest BCUT2D eigenvalue weighted by Gasteiger charge is -2.10. The van der Waals surface area contributed by atoms with Gasteiger partial charge in [0.05, 0.1) is 17.6 Å². The zero-order chi connectivity index (χ0) is 14.7. The number of methoxy groups -OCH3 is 1. The number of nitro groups is 1. The SMILES string of the molecule is COC(=O)c1cc(F)c(Br)c([N+](=O)[O-])c1NC(C)=O. The first-order chi connectivity index (χ1) is 8.79. The van der Waals surface area contributed by atoms with Crippen LogP contribution in [0.2, 0.25) is 0 Å². The summed E-state index contributed by atoms with van der Waals surface area (Å²) in [5.74, 6) is -2.66. The Bertz CT molecular complexity index is 576. The molecule has 0 aliphatic carbocycles. The normalized spacial score (nSPS) is 9.89. The summed E-state index contributed by atoms with van der Waals surface area (Å²) in [7, 11) is 1.03. The molecule has 1 rings (SSSR count). The number of hydrogen-bond acceptors (Lipinski definition) is 5. The molecule has 102 valence electrons. The largest absolute Gasteiger partial charge is 0.465 e. The zero-order valence-corrected chi connectivity index (χ0v) is 11.4. The van der Waals surface area contributed by atoms with E-state index in [-0.39, 0.29) is 0 Å². The molecule has 1 N–H and O–H groups in total. The molecule has 0 unspecified atom stereocenters. The molecule has 1 amide bonds. The molecule has 9 heteroatoms. The summed E-state index contributed by atoms with van der Waals surface area (Å²) in [6.07, 6.45) is 0. The van der Waals surface area contributed by atoms with Crippen molar-refractivity contribution in [1.29, 1.82) is 0 Å². The minimum Gasteiger partial charge on any atom is -0.465 e. The van der Waals surface area contributed by atoms with Crippen molar-refractivity contribution < 1.29 is 23.6 Å². The lowest BCUT2D eigenvalue weighted by Crippen LogP contribution is -2.15. The van der Waals surface area contributed by atoms with Gasteiger partial charge in [0.25, 0.3) is 0 Å². The third-order valence-electron chi connectivity index (χ3n) is 2.08. The Kier molecular flexibility index (Phi) is 4.54. The van der Waals surface area contributed by atoms with Crippen LogP contribution < -0.4 is 5.32 Å². The van der Waals surface area contributed by atoms with Gasteiger partial charge >= 0.3 is 11.7 Å². The van der Waals surface area contributed by atoms with E-state index in [1.807, 2.05) is 0 Å². The van der Waals surface area contributed by atoms with Gasteiger partial charge in [-0.25, -0.2) is 9.18 Å². The van der Waals surface area contributed by atoms with Gasteiger partial charge < -0.3 is 10.1 Å². The number of ether oxygens (including phenoxy) is 1. The molecule has 0 saturated carbocycles. The number of anilines is 1. The maximum absolute atomic E-state index is 13.5. The number of hydrogen-bond donors (Lipinski definition) is 1. The van der Waals surface area contributed by atoms with Crippen LogP contribution in [0.4, 0.5) is 15.8 Å². The number of amides is 1. The molecule has 1 aromatic rings. The molecule has 0 aliphatic heterocycles. The molecule has 0 saturated heterocycles. The van der Waals surface area contributed by atoms with Crippen LogP contribution in [0.15, 0.2) is 10.5 Å². The molecule has 0 heterocycles. The highest BCUT2D eigenvalue weighted by Gasteiger charge is 2.29. The highest BCUT2D eigenvalue weighted by molar-refractivity contribution is 9.10. The number of nitrogens with one attached hydrogen (secondary N) is 1. The Morgan fingerprint density at radius 2 is 2.11 bits per heavy atom. The number of nitro benzene ring substituents is 1. The number of nitrogens with zero attached hydrogens (tertiary/aromatic N) is 1. The van der Waals surface area contributed by atoms with Gasteiger partial charge in [-0.2, -0.15) is 0 Å². The summed E-state index contributed by atoms with van der Waals surface area (Å²) in [5.41, 5.74) is -1.61. The summed E-state index contributed by atoms with van der Waals surface area (Å²) >= 11 is 2.71. The van der Waals surface area contributed by atoms with Gasteiger partial charge in [0, 0.05) is 6.92 Å². The number of benzene rings is 1. The smallest absolute Gasteiger partial charge is 0.340 e. The molecule has 0 aliphatic rings. The molecule has 19 heavy (non-hydrogen) atoms. The topological polar surface area (TPSA) is 98.5 Å². The Balaban J connectivity index is 3.67. The van der Waals surface area contributed by atoms with Crippen LogP contribution in [0, 0.1) is 15.9 Å². The van der Waals surface area contributed by atoms with Gasteiger partial charge in [0.2, 0.25) is 5.91 Å². The number of esters is 1. The third-order valence-corrected chi connectivity index (χ3v) is 2.84. The average molecular weight is 335 g/mol. The van der Waals surface area contributed by atoms with E-state index in [1.165, 1.54) is 0 Å². The summed E-state index contributed by atoms with van der Waals surface area (Å²) in [5, 5.41) is 13.1. The second-order valence-corrected chi connectivity index (χ2v) is 4.17. The standard InChI is InChI=1S/C10H8BrFN2O5/c1-4(15)13-8-5(10(16)19-2)3-6(12)7(11)9(8)14(17)18/h3H,1-2H3,(H,13,15). The predicted molar refractivity (Wildman–Crippen MR) is 66.4 cm³/mol. The minimum atomic E-state index is -1.01. The second kappa shape index (κ2) is 5.74. The van der Waals surface area contributed by atoms with Crippen molar-refractivity contribution in [3.63, 3.8) is 0 Å². The summed E-state index contributed by atoms with van der Waals surface area (Å²) in [6, 6.07) is 0.744. The first-order valence-electron chi connectivity index (χ1n) is 4.81. The second-order valence-electron chi connectivity index (χ2n) is 3.37. The van der Waals surface area contributed by atoms with Gasteiger partial charge in [-0.15, -0.1) is 0 Å². The third kappa shape index (κ3) is 3.05. The fourth-order valence-electron chi connectivity index (χ4n) is 1.36. The number of rotatable bonds is 3. The van der Waals surface area contributed by atoms with E-state index in [0.717, 1.165) is 20.1 Å². The van der Waals surface area contributed by atoms with E-state index >= 15 is 0 Å². The van der Waals surface area contributed by atoms with Crippen LogP contribution in [0.3, 0.4) is 0 Å². The highest BCUT2D eigenvalue weighted by atomic mass is 79.9. The number of carbonyl (C=O) groups excluding carboxylic acids is 2. The van der Waals surface area contributed by atoms with Crippen molar-refractivity contribution in [2.45, 2.75) is 6.92 Å².